The Morgan fingerprint density at radius 3 is 2.72 bits per heavy atom. The van der Waals surface area contributed by atoms with Crippen LogP contribution in [0.5, 0.6) is 11.5 Å². The Morgan fingerprint density at radius 1 is 1.19 bits per heavy atom. The van der Waals surface area contributed by atoms with Gasteiger partial charge in [0.2, 0.25) is 5.76 Å². The summed E-state index contributed by atoms with van der Waals surface area (Å²) in [6, 6.07) is 9.97. The molecule has 32 heavy (non-hydrogen) atoms. The van der Waals surface area contributed by atoms with Crippen LogP contribution in [0.3, 0.4) is 0 Å². The summed E-state index contributed by atoms with van der Waals surface area (Å²) >= 11 is 0. The van der Waals surface area contributed by atoms with Gasteiger partial charge < -0.3 is 23.9 Å². The first-order valence-corrected chi connectivity index (χ1v) is 10.4. The summed E-state index contributed by atoms with van der Waals surface area (Å²) in [5.41, 5.74) is 2.06. The molecule has 1 N–H and O–H groups in total. The van der Waals surface area contributed by atoms with Crippen LogP contribution in [0.1, 0.15) is 39.7 Å². The molecular weight excluding hydrogens is 410 g/mol. The Labute approximate surface area is 185 Å². The standard InChI is InChI=1S/C25H25NO6/c1-4-12-31-19-9-7-16(14-20(19)30-3)22-21-23(28)17-13-15(2)6-8-18(17)32-24(21)25(29)26(22)10-5-11-27/h4,6-9,13-14,22,27H,1,5,10-12H2,2-3H3/t22-/m0/s1. The summed E-state index contributed by atoms with van der Waals surface area (Å²) in [5.74, 6) is 0.682. The Hall–Kier alpha value is -3.58. The fourth-order valence-corrected chi connectivity index (χ4v) is 4.07. The number of methoxy groups -OCH3 is 1. The van der Waals surface area contributed by atoms with Gasteiger partial charge in [-0.25, -0.2) is 0 Å². The Morgan fingerprint density at radius 2 is 2.00 bits per heavy atom. The molecular formula is C25H25NO6. The van der Waals surface area contributed by atoms with Crippen molar-refractivity contribution in [2.45, 2.75) is 19.4 Å². The molecule has 0 aliphatic carbocycles. The number of rotatable bonds is 8. The zero-order valence-electron chi connectivity index (χ0n) is 18.1. The van der Waals surface area contributed by atoms with Crippen molar-refractivity contribution in [1.82, 2.24) is 4.90 Å². The normalized spacial score (nSPS) is 15.2. The number of nitrogens with zero attached hydrogens (tertiary/aromatic N) is 1. The van der Waals surface area contributed by atoms with E-state index in [2.05, 4.69) is 6.58 Å². The highest BCUT2D eigenvalue weighted by molar-refractivity contribution is 5.99. The Balaban J connectivity index is 1.91. The second-order valence-electron chi connectivity index (χ2n) is 7.66. The average molecular weight is 435 g/mol. The van der Waals surface area contributed by atoms with Crippen LogP contribution >= 0.6 is 0 Å². The minimum Gasteiger partial charge on any atom is -0.493 e. The number of ether oxygens (including phenoxy) is 2. The Kier molecular flexibility index (Phi) is 6.01. The summed E-state index contributed by atoms with van der Waals surface area (Å²) in [6.45, 7) is 6.06. The van der Waals surface area contributed by atoms with Crippen LogP contribution in [0.15, 0.2) is 58.3 Å². The van der Waals surface area contributed by atoms with Gasteiger partial charge in [-0.15, -0.1) is 0 Å². The van der Waals surface area contributed by atoms with Crippen molar-refractivity contribution < 1.29 is 23.8 Å². The van der Waals surface area contributed by atoms with Crippen LogP contribution in [0, 0.1) is 6.92 Å². The molecule has 4 rings (SSSR count). The molecule has 1 amide bonds. The zero-order valence-corrected chi connectivity index (χ0v) is 18.1. The van der Waals surface area contributed by atoms with Gasteiger partial charge in [0.05, 0.1) is 24.1 Å². The fraction of sp³-hybridized carbons (Fsp3) is 0.280. The predicted octanol–water partition coefficient (Wildman–Crippen LogP) is 3.60. The molecule has 0 radical (unpaired) electrons. The van der Waals surface area contributed by atoms with Gasteiger partial charge in [-0.05, 0) is 43.2 Å². The van der Waals surface area contributed by atoms with E-state index in [1.165, 1.54) is 7.11 Å². The van der Waals surface area contributed by atoms with Gasteiger partial charge in [0.25, 0.3) is 5.91 Å². The molecule has 1 aliphatic rings. The van der Waals surface area contributed by atoms with Gasteiger partial charge >= 0.3 is 0 Å². The molecule has 0 fully saturated rings. The minimum absolute atomic E-state index is 0.0419. The van der Waals surface area contributed by atoms with E-state index in [0.717, 1.165) is 5.56 Å². The summed E-state index contributed by atoms with van der Waals surface area (Å²) in [7, 11) is 1.53. The molecule has 2 heterocycles. The van der Waals surface area contributed by atoms with E-state index in [1.54, 1.807) is 41.3 Å². The molecule has 1 aliphatic heterocycles. The minimum atomic E-state index is -0.660. The van der Waals surface area contributed by atoms with Gasteiger partial charge in [0, 0.05) is 13.2 Å². The molecule has 166 valence electrons. The molecule has 1 aromatic heterocycles. The molecule has 0 saturated carbocycles. The number of aliphatic hydroxyl groups is 1. The predicted molar refractivity (Wildman–Crippen MR) is 120 cm³/mol. The molecule has 0 spiro atoms. The molecule has 7 heteroatoms. The fourth-order valence-electron chi connectivity index (χ4n) is 4.07. The smallest absolute Gasteiger partial charge is 0.290 e. The monoisotopic (exact) mass is 435 g/mol. The van der Waals surface area contributed by atoms with Crippen LogP contribution in [-0.4, -0.2) is 42.8 Å². The van der Waals surface area contributed by atoms with Crippen molar-refractivity contribution in [3.05, 3.63) is 81.7 Å². The van der Waals surface area contributed by atoms with Crippen molar-refractivity contribution in [3.8, 4) is 11.5 Å². The number of amides is 1. The summed E-state index contributed by atoms with van der Waals surface area (Å²) in [5, 5.41) is 9.79. The molecule has 2 aromatic carbocycles. The third-order valence-electron chi connectivity index (χ3n) is 5.54. The van der Waals surface area contributed by atoms with Gasteiger partial charge in [-0.2, -0.15) is 0 Å². The third-order valence-corrected chi connectivity index (χ3v) is 5.54. The first kappa shape index (κ1) is 21.6. The number of hydrogen-bond acceptors (Lipinski definition) is 6. The van der Waals surface area contributed by atoms with E-state index in [9.17, 15) is 14.7 Å². The van der Waals surface area contributed by atoms with E-state index in [0.29, 0.717) is 46.6 Å². The lowest BCUT2D eigenvalue weighted by atomic mass is 9.97. The van der Waals surface area contributed by atoms with Gasteiger partial charge in [-0.1, -0.05) is 30.4 Å². The quantitative estimate of drug-likeness (QED) is 0.544. The average Bonchev–Trinajstić information content (AvgIpc) is 3.08. The molecule has 0 saturated heterocycles. The van der Waals surface area contributed by atoms with E-state index in [-0.39, 0.29) is 30.2 Å². The lowest BCUT2D eigenvalue weighted by Gasteiger charge is -2.25. The van der Waals surface area contributed by atoms with E-state index in [1.807, 2.05) is 13.0 Å². The topological polar surface area (TPSA) is 89.2 Å². The maximum absolute atomic E-state index is 13.5. The number of hydrogen-bond donors (Lipinski definition) is 1. The number of fused-ring (bicyclic) bond motifs is 2. The third kappa shape index (κ3) is 3.65. The van der Waals surface area contributed by atoms with Crippen LogP contribution in [-0.2, 0) is 0 Å². The van der Waals surface area contributed by atoms with Crippen LogP contribution in [0.25, 0.3) is 11.0 Å². The second-order valence-corrected chi connectivity index (χ2v) is 7.66. The molecule has 0 bridgehead atoms. The van der Waals surface area contributed by atoms with Crippen molar-refractivity contribution >= 4 is 16.9 Å². The van der Waals surface area contributed by atoms with E-state index >= 15 is 0 Å². The lowest BCUT2D eigenvalue weighted by molar-refractivity contribution is 0.0716. The highest BCUT2D eigenvalue weighted by Crippen LogP contribution is 2.41. The summed E-state index contributed by atoms with van der Waals surface area (Å²) in [4.78, 5) is 28.4. The summed E-state index contributed by atoms with van der Waals surface area (Å²) < 4.78 is 17.0. The summed E-state index contributed by atoms with van der Waals surface area (Å²) in [6.07, 6.45) is 2.01. The number of benzene rings is 2. The number of carbonyl (C=O) groups is 1. The second kappa shape index (κ2) is 8.88. The van der Waals surface area contributed by atoms with Gasteiger partial charge in [0.1, 0.15) is 12.2 Å². The molecule has 0 unspecified atom stereocenters. The highest BCUT2D eigenvalue weighted by Gasteiger charge is 2.42. The van der Waals surface area contributed by atoms with Gasteiger partial charge in [0.15, 0.2) is 16.9 Å². The van der Waals surface area contributed by atoms with Crippen molar-refractivity contribution in [2.24, 2.45) is 0 Å². The van der Waals surface area contributed by atoms with Crippen LogP contribution in [0.4, 0.5) is 0 Å². The zero-order chi connectivity index (χ0) is 22.8. The first-order chi connectivity index (χ1) is 15.5. The molecule has 3 aromatic rings. The maximum Gasteiger partial charge on any atom is 0.290 e. The van der Waals surface area contributed by atoms with Crippen molar-refractivity contribution in [3.63, 3.8) is 0 Å². The number of carbonyl (C=O) groups excluding carboxylic acids is 1. The number of aliphatic hydroxyl groups excluding tert-OH is 1. The van der Waals surface area contributed by atoms with Crippen molar-refractivity contribution in [1.29, 1.82) is 0 Å². The van der Waals surface area contributed by atoms with Crippen LogP contribution < -0.4 is 14.9 Å². The van der Waals surface area contributed by atoms with E-state index in [4.69, 9.17) is 13.9 Å². The SMILES string of the molecule is C=CCOc1ccc([C@H]2c3c(oc4ccc(C)cc4c3=O)C(=O)N2CCCO)cc1OC. The maximum atomic E-state index is 13.5. The van der Waals surface area contributed by atoms with Gasteiger partial charge in [-0.3, -0.25) is 9.59 Å². The van der Waals surface area contributed by atoms with E-state index < -0.39 is 6.04 Å². The molecule has 7 nitrogen and oxygen atoms in total. The first-order valence-electron chi connectivity index (χ1n) is 10.4. The van der Waals surface area contributed by atoms with Crippen LogP contribution in [0.2, 0.25) is 0 Å². The lowest BCUT2D eigenvalue weighted by Crippen LogP contribution is -2.31. The Bertz CT molecular complexity index is 1250. The van der Waals surface area contributed by atoms with Crippen molar-refractivity contribution in [2.75, 3.05) is 26.9 Å². The number of aryl methyl sites for hydroxylation is 1. The highest BCUT2D eigenvalue weighted by atomic mass is 16.5. The largest absolute Gasteiger partial charge is 0.493 e. The molecule has 1 atom stereocenters.